The summed E-state index contributed by atoms with van der Waals surface area (Å²) < 4.78 is 58.0. The molecule has 170 valence electrons. The summed E-state index contributed by atoms with van der Waals surface area (Å²) in [5.41, 5.74) is 6.14. The zero-order valence-corrected chi connectivity index (χ0v) is 18.6. The van der Waals surface area contributed by atoms with E-state index < -0.39 is 22.1 Å². The molecule has 0 aromatic heterocycles. The van der Waals surface area contributed by atoms with Crippen molar-refractivity contribution < 1.29 is 21.6 Å². The molecule has 0 amide bonds. The van der Waals surface area contributed by atoms with Crippen molar-refractivity contribution in [3.8, 4) is 0 Å². The Kier molecular flexibility index (Phi) is 16.0. The molecule has 6 nitrogen and oxygen atoms in total. The van der Waals surface area contributed by atoms with Crippen molar-refractivity contribution in [2.45, 2.75) is 39.0 Å². The number of anilines is 1. The summed E-state index contributed by atoms with van der Waals surface area (Å²) in [7, 11) is -3.30. The quantitative estimate of drug-likeness (QED) is 0.399. The highest BCUT2D eigenvalue weighted by molar-refractivity contribution is 7.89. The molecule has 5 N–H and O–H groups in total. The van der Waals surface area contributed by atoms with E-state index in [0.29, 0.717) is 12.9 Å². The number of hydrogen-bond donors (Lipinski definition) is 3. The molecule has 0 fully saturated rings. The van der Waals surface area contributed by atoms with E-state index in [1.807, 2.05) is 26.8 Å². The lowest BCUT2D eigenvalue weighted by molar-refractivity contribution is 0.188. The number of primary sulfonamides is 1. The summed E-state index contributed by atoms with van der Waals surface area (Å²) in [4.78, 5) is 3.75. The maximum atomic E-state index is 13.1. The first kappa shape index (κ1) is 29.6. The monoisotopic (exact) mass is 448 g/mol. The number of aliphatic imine (C=N–C) groups is 1. The standard InChI is InChI=1S/C17H22F2N4O2S.C2H6.CH3F/c1-12(7-8-20)9-13(2)10-23-16(17(18)19)11-22-14-3-5-15(6-4-14)26(21,24)25;2*1-2/h3-11,13,17,22H,20H2,1-2H3,(H2,21,24,25);1-2H3;1H3/b8-7-,12-9-,16-11-,23-10?;;. The van der Waals surface area contributed by atoms with Crippen LogP contribution >= 0.6 is 0 Å². The Hall–Kier alpha value is -2.59. The van der Waals surface area contributed by atoms with Crippen molar-refractivity contribution in [2.24, 2.45) is 21.8 Å². The van der Waals surface area contributed by atoms with Gasteiger partial charge in [-0.3, -0.25) is 9.38 Å². The van der Waals surface area contributed by atoms with Gasteiger partial charge in [0.15, 0.2) is 0 Å². The topological polar surface area (TPSA) is 111 Å². The molecule has 0 aliphatic heterocycles. The highest BCUT2D eigenvalue weighted by Gasteiger charge is 2.10. The third-order valence-corrected chi connectivity index (χ3v) is 4.07. The summed E-state index contributed by atoms with van der Waals surface area (Å²) in [5.74, 6) is -0.164. The van der Waals surface area contributed by atoms with Crippen molar-refractivity contribution in [3.63, 3.8) is 0 Å². The van der Waals surface area contributed by atoms with Gasteiger partial charge in [0, 0.05) is 24.0 Å². The zero-order chi connectivity index (χ0) is 23.7. The lowest BCUT2D eigenvalue weighted by Gasteiger charge is -2.06. The van der Waals surface area contributed by atoms with E-state index in [1.54, 1.807) is 13.0 Å². The van der Waals surface area contributed by atoms with Crippen molar-refractivity contribution in [1.29, 1.82) is 0 Å². The number of hydrogen-bond acceptors (Lipinski definition) is 5. The van der Waals surface area contributed by atoms with E-state index in [4.69, 9.17) is 10.9 Å². The van der Waals surface area contributed by atoms with Gasteiger partial charge < -0.3 is 11.1 Å². The van der Waals surface area contributed by atoms with Crippen LogP contribution in [0, 0.1) is 5.92 Å². The first-order chi connectivity index (χ1) is 14.1. The maximum Gasteiger partial charge on any atom is 0.281 e. The highest BCUT2D eigenvalue weighted by atomic mass is 32.2. The molecule has 0 saturated heterocycles. The fourth-order valence-electron chi connectivity index (χ4n) is 1.92. The number of nitrogens with zero attached hydrogens (tertiary/aromatic N) is 1. The second-order valence-corrected chi connectivity index (χ2v) is 7.05. The van der Waals surface area contributed by atoms with Crippen LogP contribution in [0.2, 0.25) is 0 Å². The Morgan fingerprint density at radius 1 is 1.17 bits per heavy atom. The molecule has 0 aliphatic rings. The third-order valence-electron chi connectivity index (χ3n) is 3.14. The van der Waals surface area contributed by atoms with Crippen LogP contribution in [0.25, 0.3) is 0 Å². The minimum Gasteiger partial charge on any atom is -0.405 e. The largest absolute Gasteiger partial charge is 0.405 e. The lowest BCUT2D eigenvalue weighted by Crippen LogP contribution is -2.11. The smallest absolute Gasteiger partial charge is 0.281 e. The van der Waals surface area contributed by atoms with Crippen molar-refractivity contribution in [2.75, 3.05) is 12.5 Å². The Balaban J connectivity index is 0. The minimum atomic E-state index is -3.80. The zero-order valence-electron chi connectivity index (χ0n) is 17.8. The molecule has 0 heterocycles. The molecule has 1 unspecified atom stereocenters. The molecule has 0 bridgehead atoms. The third kappa shape index (κ3) is 12.8. The van der Waals surface area contributed by atoms with Gasteiger partial charge in [0.2, 0.25) is 10.0 Å². The van der Waals surface area contributed by atoms with Crippen LogP contribution in [0.4, 0.5) is 18.9 Å². The number of rotatable bonds is 8. The van der Waals surface area contributed by atoms with E-state index in [9.17, 15) is 21.6 Å². The van der Waals surface area contributed by atoms with Crippen LogP contribution in [0.3, 0.4) is 0 Å². The predicted octanol–water partition coefficient (Wildman–Crippen LogP) is 4.59. The molecule has 1 atom stereocenters. The number of nitrogens with two attached hydrogens (primary N) is 2. The average molecular weight is 449 g/mol. The van der Waals surface area contributed by atoms with Gasteiger partial charge in [-0.1, -0.05) is 32.4 Å². The molecule has 0 radical (unpaired) electrons. The first-order valence-corrected chi connectivity index (χ1v) is 10.5. The van der Waals surface area contributed by atoms with Gasteiger partial charge in [-0.15, -0.1) is 0 Å². The predicted molar refractivity (Wildman–Crippen MR) is 119 cm³/mol. The average Bonchev–Trinajstić information content (AvgIpc) is 2.70. The lowest BCUT2D eigenvalue weighted by atomic mass is 10.1. The van der Waals surface area contributed by atoms with Gasteiger partial charge in [0.25, 0.3) is 6.43 Å². The van der Waals surface area contributed by atoms with Gasteiger partial charge >= 0.3 is 0 Å². The summed E-state index contributed by atoms with van der Waals surface area (Å²) in [6.07, 6.45) is 4.61. The van der Waals surface area contributed by atoms with Crippen molar-refractivity contribution >= 4 is 21.9 Å². The van der Waals surface area contributed by atoms with Gasteiger partial charge in [-0.05, 0) is 43.5 Å². The molecule has 0 spiro atoms. The van der Waals surface area contributed by atoms with Crippen molar-refractivity contribution in [1.82, 2.24) is 0 Å². The van der Waals surface area contributed by atoms with E-state index >= 15 is 0 Å². The Morgan fingerprint density at radius 2 is 1.70 bits per heavy atom. The van der Waals surface area contributed by atoms with E-state index in [-0.39, 0.29) is 10.8 Å². The van der Waals surface area contributed by atoms with Crippen LogP contribution in [-0.4, -0.2) is 28.2 Å². The fraction of sp³-hybridized carbons (Fsp3) is 0.350. The second kappa shape index (κ2) is 16.2. The molecular formula is C20H31F3N4O2S. The number of sulfonamides is 1. The number of benzene rings is 1. The molecule has 10 heteroatoms. The van der Waals surface area contributed by atoms with Crippen molar-refractivity contribution in [3.05, 3.63) is 60.1 Å². The summed E-state index contributed by atoms with van der Waals surface area (Å²) >= 11 is 0. The first-order valence-electron chi connectivity index (χ1n) is 8.99. The van der Waals surface area contributed by atoms with Crippen LogP contribution < -0.4 is 16.2 Å². The van der Waals surface area contributed by atoms with E-state index in [0.717, 1.165) is 11.8 Å². The highest BCUT2D eigenvalue weighted by Crippen LogP contribution is 2.15. The van der Waals surface area contributed by atoms with E-state index in [1.165, 1.54) is 36.7 Å². The molecular weight excluding hydrogens is 417 g/mol. The molecule has 30 heavy (non-hydrogen) atoms. The summed E-state index contributed by atoms with van der Waals surface area (Å²) in [5, 5.41) is 7.65. The Bertz CT molecular complexity index is 819. The van der Waals surface area contributed by atoms with Crippen LogP contribution in [0.15, 0.2) is 70.0 Å². The fourth-order valence-corrected chi connectivity index (χ4v) is 2.44. The van der Waals surface area contributed by atoms with Crippen LogP contribution in [0.5, 0.6) is 0 Å². The van der Waals surface area contributed by atoms with Gasteiger partial charge in [0.1, 0.15) is 5.70 Å². The van der Waals surface area contributed by atoms with Gasteiger partial charge in [-0.25, -0.2) is 22.3 Å². The van der Waals surface area contributed by atoms with E-state index in [2.05, 4.69) is 10.3 Å². The SMILES string of the molecule is CC.CC(/C=C\N)=C/C(C)C=N/C(=C\Nc1ccc(S(N)(=O)=O)cc1)C(F)F.CF. The molecule has 1 aromatic rings. The number of halogens is 3. The normalized spacial score (nSPS) is 13.5. The summed E-state index contributed by atoms with van der Waals surface area (Å²) in [6, 6.07) is 5.38. The molecule has 1 aromatic carbocycles. The second-order valence-electron chi connectivity index (χ2n) is 5.49. The number of alkyl halides is 3. The number of nitrogens with one attached hydrogen (secondary N) is 1. The molecule has 0 saturated carbocycles. The van der Waals surface area contributed by atoms with Crippen LogP contribution in [-0.2, 0) is 10.0 Å². The summed E-state index contributed by atoms with van der Waals surface area (Å²) in [6.45, 7) is 7.64. The van der Waals surface area contributed by atoms with Gasteiger partial charge in [-0.2, -0.15) is 0 Å². The molecule has 1 rings (SSSR count). The molecule has 0 aliphatic carbocycles. The number of allylic oxidation sites excluding steroid dienone is 4. The Labute approximate surface area is 177 Å². The Morgan fingerprint density at radius 3 is 2.13 bits per heavy atom. The maximum absolute atomic E-state index is 13.1. The van der Waals surface area contributed by atoms with Crippen LogP contribution in [0.1, 0.15) is 27.7 Å². The minimum absolute atomic E-state index is 0.0679. The van der Waals surface area contributed by atoms with Gasteiger partial charge in [0.05, 0.1) is 12.1 Å².